The molecule has 0 aromatic carbocycles. The molecule has 0 radical (unpaired) electrons. The highest BCUT2D eigenvalue weighted by Crippen LogP contribution is 1.80. The number of hydrogen-bond donors (Lipinski definition) is 1. The molecular weight excluding hydrogens is 130 g/mol. The van der Waals surface area contributed by atoms with Gasteiger partial charge in [0, 0.05) is 0 Å². The summed E-state index contributed by atoms with van der Waals surface area (Å²) in [5.41, 5.74) is 0. The standard InChI is InChI=1S/C3H5NO3S/c1-4-2-3-8(5,6)7/h2-3H2,(H,5,6,7). The number of hydrogen-bond acceptors (Lipinski definition) is 2. The summed E-state index contributed by atoms with van der Waals surface area (Å²) >= 11 is 0. The van der Waals surface area contributed by atoms with Crippen molar-refractivity contribution in [2.45, 2.75) is 0 Å². The zero-order valence-electron chi connectivity index (χ0n) is 4.03. The molecule has 1 N–H and O–H groups in total. The Morgan fingerprint density at radius 3 is 2.25 bits per heavy atom. The highest BCUT2D eigenvalue weighted by molar-refractivity contribution is 7.85. The molecule has 0 fully saturated rings. The molecule has 5 heteroatoms. The van der Waals surface area contributed by atoms with Crippen molar-refractivity contribution in [3.8, 4) is 0 Å². The van der Waals surface area contributed by atoms with E-state index in [0.717, 1.165) is 0 Å². The van der Waals surface area contributed by atoms with E-state index in [1.165, 1.54) is 0 Å². The second-order valence-electron chi connectivity index (χ2n) is 1.17. The van der Waals surface area contributed by atoms with Gasteiger partial charge in [0.25, 0.3) is 10.1 Å². The van der Waals surface area contributed by atoms with Gasteiger partial charge in [-0.25, -0.2) is 6.57 Å². The predicted molar refractivity (Wildman–Crippen MR) is 27.9 cm³/mol. The summed E-state index contributed by atoms with van der Waals surface area (Å²) < 4.78 is 27.6. The van der Waals surface area contributed by atoms with E-state index >= 15 is 0 Å². The SMILES string of the molecule is [C-]#[N+]CCS(=O)(=O)O. The van der Waals surface area contributed by atoms with Crippen molar-refractivity contribution in [3.63, 3.8) is 0 Å². The van der Waals surface area contributed by atoms with Crippen LogP contribution in [0, 0.1) is 6.57 Å². The minimum absolute atomic E-state index is 0.168. The first kappa shape index (κ1) is 7.40. The van der Waals surface area contributed by atoms with Crippen molar-refractivity contribution in [1.82, 2.24) is 0 Å². The van der Waals surface area contributed by atoms with E-state index in [1.54, 1.807) is 0 Å². The van der Waals surface area contributed by atoms with Gasteiger partial charge in [-0.2, -0.15) is 8.42 Å². The van der Waals surface area contributed by atoms with Crippen LogP contribution in [0.1, 0.15) is 0 Å². The van der Waals surface area contributed by atoms with Gasteiger partial charge < -0.3 is 4.85 Å². The monoisotopic (exact) mass is 135 g/mol. The smallest absolute Gasteiger partial charge is 0.272 e. The molecule has 8 heavy (non-hydrogen) atoms. The van der Waals surface area contributed by atoms with Crippen LogP contribution in [0.4, 0.5) is 0 Å². The molecule has 0 rings (SSSR count). The fraction of sp³-hybridized carbons (Fsp3) is 0.667. The zero-order valence-corrected chi connectivity index (χ0v) is 4.85. The average Bonchev–Trinajstić information content (AvgIpc) is 1.59. The molecular formula is C3H5NO3S. The quantitative estimate of drug-likeness (QED) is 0.421. The highest BCUT2D eigenvalue weighted by Gasteiger charge is 2.03. The Kier molecular flexibility index (Phi) is 2.45. The van der Waals surface area contributed by atoms with E-state index in [1.807, 2.05) is 0 Å². The lowest BCUT2D eigenvalue weighted by atomic mass is 10.8. The topological polar surface area (TPSA) is 58.7 Å². The Bertz CT molecular complexity index is 187. The summed E-state index contributed by atoms with van der Waals surface area (Å²) in [4.78, 5) is 2.73. The van der Waals surface area contributed by atoms with Gasteiger partial charge in [0.2, 0.25) is 6.54 Å². The van der Waals surface area contributed by atoms with Crippen LogP contribution in [-0.2, 0) is 10.1 Å². The first-order valence-corrected chi connectivity index (χ1v) is 3.45. The van der Waals surface area contributed by atoms with Crippen molar-refractivity contribution in [1.29, 1.82) is 0 Å². The third-order valence-electron chi connectivity index (χ3n) is 0.461. The second-order valence-corrected chi connectivity index (χ2v) is 2.74. The van der Waals surface area contributed by atoms with Crippen molar-refractivity contribution >= 4 is 10.1 Å². The molecule has 0 spiro atoms. The third-order valence-corrected chi connectivity index (χ3v) is 1.16. The molecule has 0 saturated heterocycles. The van der Waals surface area contributed by atoms with Crippen LogP contribution < -0.4 is 0 Å². The van der Waals surface area contributed by atoms with Gasteiger partial charge in [-0.1, -0.05) is 0 Å². The molecule has 0 bridgehead atoms. The minimum atomic E-state index is -3.90. The van der Waals surface area contributed by atoms with Crippen molar-refractivity contribution in [3.05, 3.63) is 11.4 Å². The molecule has 0 aliphatic rings. The lowest BCUT2D eigenvalue weighted by molar-refractivity contribution is 0.484. The maximum atomic E-state index is 9.80. The Hall–Kier alpha value is -0.600. The van der Waals surface area contributed by atoms with Crippen LogP contribution in [0.5, 0.6) is 0 Å². The Morgan fingerprint density at radius 2 is 2.12 bits per heavy atom. The predicted octanol–water partition coefficient (Wildman–Crippen LogP) is -0.207. The summed E-state index contributed by atoms with van der Waals surface area (Å²) in [5, 5.41) is 0. The van der Waals surface area contributed by atoms with Crippen molar-refractivity contribution in [2.24, 2.45) is 0 Å². The fourth-order valence-corrected chi connectivity index (χ4v) is 0.483. The van der Waals surface area contributed by atoms with E-state index in [2.05, 4.69) is 4.85 Å². The Balaban J connectivity index is 3.63. The van der Waals surface area contributed by atoms with Gasteiger partial charge >= 0.3 is 0 Å². The van der Waals surface area contributed by atoms with Gasteiger partial charge in [0.1, 0.15) is 5.75 Å². The molecule has 0 unspecified atom stereocenters. The van der Waals surface area contributed by atoms with Crippen molar-refractivity contribution in [2.75, 3.05) is 12.3 Å². The van der Waals surface area contributed by atoms with Gasteiger partial charge in [-0.3, -0.25) is 4.55 Å². The normalized spacial score (nSPS) is 10.5. The van der Waals surface area contributed by atoms with Crippen molar-refractivity contribution < 1.29 is 13.0 Å². The van der Waals surface area contributed by atoms with E-state index in [-0.39, 0.29) is 6.54 Å². The van der Waals surface area contributed by atoms with Crippen LogP contribution >= 0.6 is 0 Å². The summed E-state index contributed by atoms with van der Waals surface area (Å²) in [5.74, 6) is -0.462. The first-order chi connectivity index (χ1) is 3.56. The molecule has 0 amide bonds. The van der Waals surface area contributed by atoms with Crippen LogP contribution in [-0.4, -0.2) is 25.3 Å². The first-order valence-electron chi connectivity index (χ1n) is 1.84. The van der Waals surface area contributed by atoms with Gasteiger partial charge in [0.05, 0.1) is 0 Å². The van der Waals surface area contributed by atoms with Crippen LogP contribution in [0.15, 0.2) is 0 Å². The molecule has 4 nitrogen and oxygen atoms in total. The Morgan fingerprint density at radius 1 is 1.62 bits per heavy atom. The van der Waals surface area contributed by atoms with Crippen LogP contribution in [0.3, 0.4) is 0 Å². The van der Waals surface area contributed by atoms with E-state index in [4.69, 9.17) is 11.1 Å². The number of nitrogens with zero attached hydrogens (tertiary/aromatic N) is 1. The van der Waals surface area contributed by atoms with Gasteiger partial charge in [-0.05, 0) is 0 Å². The maximum absolute atomic E-state index is 9.80. The highest BCUT2D eigenvalue weighted by atomic mass is 32.2. The number of rotatable bonds is 2. The summed E-state index contributed by atoms with van der Waals surface area (Å²) in [6, 6.07) is 0. The molecule has 0 heterocycles. The minimum Gasteiger partial charge on any atom is -0.316 e. The molecule has 0 aromatic heterocycles. The van der Waals surface area contributed by atoms with Gasteiger partial charge in [0.15, 0.2) is 0 Å². The Labute approximate surface area is 47.7 Å². The van der Waals surface area contributed by atoms with E-state index < -0.39 is 15.9 Å². The van der Waals surface area contributed by atoms with E-state index in [9.17, 15) is 8.42 Å². The second kappa shape index (κ2) is 2.64. The van der Waals surface area contributed by atoms with Gasteiger partial charge in [-0.15, -0.1) is 0 Å². The molecule has 0 aliphatic carbocycles. The molecule has 0 saturated carbocycles. The lowest BCUT2D eigenvalue weighted by Gasteiger charge is -1.83. The molecule has 0 atom stereocenters. The molecule has 0 aliphatic heterocycles. The molecule has 46 valence electrons. The summed E-state index contributed by atoms with van der Waals surface area (Å²) in [6.07, 6.45) is 0. The zero-order chi connectivity index (χ0) is 6.62. The lowest BCUT2D eigenvalue weighted by Crippen LogP contribution is -2.05. The largest absolute Gasteiger partial charge is 0.316 e. The average molecular weight is 135 g/mol. The van der Waals surface area contributed by atoms with E-state index in [0.29, 0.717) is 0 Å². The fourth-order valence-electron chi connectivity index (χ4n) is 0.161. The maximum Gasteiger partial charge on any atom is 0.272 e. The summed E-state index contributed by atoms with van der Waals surface area (Å²) in [7, 11) is -3.90. The third kappa shape index (κ3) is 5.40. The van der Waals surface area contributed by atoms with Crippen LogP contribution in [0.25, 0.3) is 4.85 Å². The summed E-state index contributed by atoms with van der Waals surface area (Å²) in [6.45, 7) is 5.96. The molecule has 0 aromatic rings. The van der Waals surface area contributed by atoms with Crippen LogP contribution in [0.2, 0.25) is 0 Å².